The minimum atomic E-state index is -4.67. The summed E-state index contributed by atoms with van der Waals surface area (Å²) in [6.07, 6.45) is -8.54. The summed E-state index contributed by atoms with van der Waals surface area (Å²) in [6, 6.07) is 22.0. The van der Waals surface area contributed by atoms with Crippen LogP contribution in [0, 0.1) is 22.7 Å². The molecule has 4 aliphatic heterocycles. The molecule has 2 N–H and O–H groups in total. The monoisotopic (exact) mass is 982 g/mol. The predicted molar refractivity (Wildman–Crippen MR) is 242 cm³/mol. The number of nitrogens with zero attached hydrogens (tertiary/aromatic N) is 6. The van der Waals surface area contributed by atoms with Gasteiger partial charge >= 0.3 is 24.4 Å². The van der Waals surface area contributed by atoms with Crippen LogP contribution in [-0.4, -0.2) is 99.5 Å². The first kappa shape index (κ1) is 49.7. The van der Waals surface area contributed by atoms with Crippen molar-refractivity contribution in [2.45, 2.75) is 37.3 Å². The summed E-state index contributed by atoms with van der Waals surface area (Å²) < 4.78 is 99.0. The van der Waals surface area contributed by atoms with Crippen molar-refractivity contribution in [3.8, 4) is 12.1 Å². The highest BCUT2D eigenvalue weighted by Gasteiger charge is 2.47. The van der Waals surface area contributed by atoms with Crippen molar-refractivity contribution < 1.29 is 59.7 Å². The lowest BCUT2D eigenvalue weighted by Crippen LogP contribution is -2.47. The Kier molecular flexibility index (Phi) is 14.8. The summed E-state index contributed by atoms with van der Waals surface area (Å²) in [5.41, 5.74) is 0.671. The van der Waals surface area contributed by atoms with E-state index >= 15 is 0 Å². The summed E-state index contributed by atoms with van der Waals surface area (Å²) in [4.78, 5) is 60.2. The number of carbonyl (C=O) groups is 4. The molecule has 0 spiro atoms. The molecule has 0 fully saturated rings. The Bertz CT molecular complexity index is 2650. The molecule has 4 heterocycles. The lowest BCUT2D eigenvalue weighted by atomic mass is 9.94. The van der Waals surface area contributed by atoms with E-state index < -0.39 is 59.4 Å². The Morgan fingerprint density at radius 1 is 0.535 bits per heavy atom. The number of amides is 6. The van der Waals surface area contributed by atoms with Gasteiger partial charge in [0.2, 0.25) is 0 Å². The highest BCUT2D eigenvalue weighted by atomic mass is 19.4. The number of halogens is 6. The molecule has 8 rings (SSSR count). The molecule has 21 heteroatoms. The second-order valence-electron chi connectivity index (χ2n) is 16.7. The lowest BCUT2D eigenvalue weighted by molar-refractivity contribution is -0.138. The van der Waals surface area contributed by atoms with Crippen LogP contribution in [0.25, 0.3) is 0 Å². The van der Waals surface area contributed by atoms with E-state index in [2.05, 4.69) is 10.6 Å². The third-order valence-electron chi connectivity index (χ3n) is 12.2. The molecule has 368 valence electrons. The summed E-state index contributed by atoms with van der Waals surface area (Å²) in [5.74, 6) is -0.805. The van der Waals surface area contributed by atoms with Crippen LogP contribution in [-0.2, 0) is 36.2 Å². The molecule has 4 aromatic carbocycles. The average molecular weight is 983 g/mol. The van der Waals surface area contributed by atoms with Gasteiger partial charge < -0.3 is 34.6 Å². The summed E-state index contributed by atoms with van der Waals surface area (Å²) >= 11 is 0. The first-order valence-electron chi connectivity index (χ1n) is 22.4. The van der Waals surface area contributed by atoms with Crippen LogP contribution in [0.5, 0.6) is 0 Å². The maximum atomic E-state index is 13.9. The minimum Gasteiger partial charge on any atom is -0.379 e. The Balaban J connectivity index is 0.778. The number of nitriles is 2. The Morgan fingerprint density at radius 3 is 1.25 bits per heavy atom. The number of hydrogen-bond donors (Lipinski definition) is 2. The van der Waals surface area contributed by atoms with Gasteiger partial charge in [-0.1, -0.05) is 36.4 Å². The van der Waals surface area contributed by atoms with Gasteiger partial charge in [-0.15, -0.1) is 0 Å². The first-order valence-corrected chi connectivity index (χ1v) is 22.4. The molecular weight excluding hydrogens is 939 g/mol. The van der Waals surface area contributed by atoms with E-state index in [0.717, 1.165) is 34.1 Å². The first-order chi connectivity index (χ1) is 34.1. The van der Waals surface area contributed by atoms with E-state index in [-0.39, 0.29) is 99.7 Å². The zero-order chi connectivity index (χ0) is 50.5. The maximum Gasteiger partial charge on any atom is 0.416 e. The molecule has 6 amide bonds. The van der Waals surface area contributed by atoms with Crippen LogP contribution in [0.15, 0.2) is 120 Å². The predicted octanol–water partition coefficient (Wildman–Crippen LogP) is 7.73. The molecule has 4 aromatic rings. The molecule has 15 nitrogen and oxygen atoms in total. The zero-order valence-corrected chi connectivity index (χ0v) is 37.7. The van der Waals surface area contributed by atoms with Crippen molar-refractivity contribution in [1.29, 1.82) is 10.5 Å². The Hall–Kier alpha value is -7.72. The van der Waals surface area contributed by atoms with E-state index in [9.17, 15) is 56.0 Å². The van der Waals surface area contributed by atoms with Gasteiger partial charge in [-0.05, 0) is 84.6 Å². The number of anilines is 2. The van der Waals surface area contributed by atoms with Crippen molar-refractivity contribution in [3.05, 3.63) is 153 Å². The van der Waals surface area contributed by atoms with Gasteiger partial charge in [0.15, 0.2) is 0 Å². The largest absolute Gasteiger partial charge is 0.416 e. The minimum absolute atomic E-state index is 0.0399. The molecule has 4 aliphatic rings. The van der Waals surface area contributed by atoms with Gasteiger partial charge in [-0.3, -0.25) is 19.4 Å². The molecule has 0 radical (unpaired) electrons. The fraction of sp³-hybridized carbons (Fsp3) is 0.320. The van der Waals surface area contributed by atoms with Gasteiger partial charge in [0, 0.05) is 26.3 Å². The quantitative estimate of drug-likeness (QED) is 0.0745. The number of rotatable bonds is 18. The van der Waals surface area contributed by atoms with Gasteiger partial charge in [0.1, 0.15) is 0 Å². The van der Waals surface area contributed by atoms with Gasteiger partial charge in [-0.2, -0.15) is 36.9 Å². The molecule has 0 unspecified atom stereocenters. The number of nitrogens with one attached hydrogen (secondary N) is 2. The summed E-state index contributed by atoms with van der Waals surface area (Å²) in [5, 5.41) is 24.1. The van der Waals surface area contributed by atoms with Crippen molar-refractivity contribution in [1.82, 2.24) is 20.4 Å². The number of carbonyl (C=O) groups excluding carboxylic acids is 4. The third-order valence-corrected chi connectivity index (χ3v) is 12.2. The van der Waals surface area contributed by atoms with Crippen LogP contribution in [0.3, 0.4) is 0 Å². The molecular formula is C50H44F6N8O7. The van der Waals surface area contributed by atoms with E-state index in [1.165, 1.54) is 34.1 Å². The number of ether oxygens (including phenoxy) is 3. The SMILES string of the molecule is N#Cc1ccc([C@H]2NC(=O)N(c3cccc(C(F)(F)F)c3)C3=C2C(=O)N(CCCOCCOCCOCCCN2CC4=C(C2=O)[C@@H](c2ccc(C#N)cc2)NC(=O)N4c2cccc(C(F)(F)F)c2)C3)cc1. The van der Waals surface area contributed by atoms with E-state index in [4.69, 9.17) is 14.2 Å². The molecule has 0 saturated heterocycles. The summed E-state index contributed by atoms with van der Waals surface area (Å²) in [6.45, 7) is 1.73. The number of urea groups is 2. The van der Waals surface area contributed by atoms with Crippen LogP contribution >= 0.6 is 0 Å². The molecule has 0 saturated carbocycles. The van der Waals surface area contributed by atoms with Crippen molar-refractivity contribution in [3.63, 3.8) is 0 Å². The number of alkyl halides is 6. The second kappa shape index (κ2) is 21.1. The molecule has 0 aliphatic carbocycles. The molecule has 0 bridgehead atoms. The Labute approximate surface area is 403 Å². The van der Waals surface area contributed by atoms with E-state index in [1.54, 1.807) is 48.5 Å². The van der Waals surface area contributed by atoms with Crippen molar-refractivity contribution >= 4 is 35.3 Å². The Morgan fingerprint density at radius 2 is 0.901 bits per heavy atom. The van der Waals surface area contributed by atoms with Gasteiger partial charge in [0.25, 0.3) is 11.8 Å². The summed E-state index contributed by atoms with van der Waals surface area (Å²) in [7, 11) is 0. The van der Waals surface area contributed by atoms with Crippen molar-refractivity contribution in [2.24, 2.45) is 0 Å². The standard InChI is InChI=1S/C50H44F6N8O7/c51-49(52,53)35-5-1-7-37(25-35)63-39-29-61(45(65)41(39)43(59-47(63)67)33-13-9-31(27-57)10-14-33)17-3-19-69-21-23-71-24-22-70-20-4-18-62-30-40-42(46(62)66)44(34-15-11-32(28-58)12-16-34)60-48(68)64(40)38-8-2-6-36(26-38)50(54,55)56/h1-2,5-16,25-26,43-44H,3-4,17-24,29-30H2,(H,59,67)(H,60,68)/t43-,44-/m1/s1. The van der Waals surface area contributed by atoms with Crippen LogP contribution in [0.1, 0.15) is 58.3 Å². The maximum absolute atomic E-state index is 13.9. The zero-order valence-electron chi connectivity index (χ0n) is 37.7. The van der Waals surface area contributed by atoms with Crippen LogP contribution < -0.4 is 20.4 Å². The van der Waals surface area contributed by atoms with Gasteiger partial charge in [-0.25, -0.2) is 9.59 Å². The van der Waals surface area contributed by atoms with Crippen LogP contribution in [0.4, 0.5) is 47.3 Å². The topological polar surface area (TPSA) is 181 Å². The molecule has 71 heavy (non-hydrogen) atoms. The smallest absolute Gasteiger partial charge is 0.379 e. The van der Waals surface area contributed by atoms with E-state index in [0.29, 0.717) is 35.1 Å². The molecule has 0 aromatic heterocycles. The average Bonchev–Trinajstić information content (AvgIpc) is 3.86. The normalized spacial score (nSPS) is 18.1. The molecule has 2 atom stereocenters. The number of benzene rings is 4. The number of hydrogen-bond acceptors (Lipinski definition) is 9. The van der Waals surface area contributed by atoms with E-state index in [1.807, 2.05) is 12.1 Å². The van der Waals surface area contributed by atoms with Gasteiger partial charge in [0.05, 0.1) is 120 Å². The van der Waals surface area contributed by atoms with Crippen LogP contribution in [0.2, 0.25) is 0 Å². The highest BCUT2D eigenvalue weighted by Crippen LogP contribution is 2.42. The second-order valence-corrected chi connectivity index (χ2v) is 16.7. The fourth-order valence-electron chi connectivity index (χ4n) is 8.80. The fourth-order valence-corrected chi connectivity index (χ4v) is 8.80. The highest BCUT2D eigenvalue weighted by molar-refractivity contribution is 6.08. The lowest BCUT2D eigenvalue weighted by Gasteiger charge is -2.34. The van der Waals surface area contributed by atoms with Crippen molar-refractivity contribution in [2.75, 3.05) is 75.6 Å². The third kappa shape index (κ3) is 10.9.